The first-order chi connectivity index (χ1) is 7.09. The van der Waals surface area contributed by atoms with Crippen LogP contribution in [0.4, 0.5) is 0 Å². The quantitative estimate of drug-likeness (QED) is 0.721. The molecule has 1 rings (SSSR count). The largest absolute Gasteiger partial charge is 0.760 e. The average molecular weight is 228 g/mol. The van der Waals surface area contributed by atoms with E-state index in [2.05, 4.69) is 4.72 Å². The fraction of sp³-hybridized carbons (Fsp3) is 0.222. The van der Waals surface area contributed by atoms with Crippen LogP contribution in [0.5, 0.6) is 0 Å². The molecule has 1 aromatic carbocycles. The van der Waals surface area contributed by atoms with Gasteiger partial charge in [0.1, 0.15) is 0 Å². The van der Waals surface area contributed by atoms with Crippen LogP contribution >= 0.6 is 0 Å². The summed E-state index contributed by atoms with van der Waals surface area (Å²) in [5.41, 5.74) is 0.629. The third-order valence-electron chi connectivity index (χ3n) is 1.82. The Balaban J connectivity index is 2.81. The molecule has 0 heterocycles. The van der Waals surface area contributed by atoms with Gasteiger partial charge in [0, 0.05) is 11.3 Å². The number of carbonyl (C=O) groups is 1. The number of rotatable bonds is 5. The van der Waals surface area contributed by atoms with Crippen LogP contribution in [0.25, 0.3) is 0 Å². The molecule has 0 saturated carbocycles. The lowest BCUT2D eigenvalue weighted by Gasteiger charge is -2.18. The van der Waals surface area contributed by atoms with Crippen LogP contribution in [-0.2, 0) is 16.1 Å². The minimum Gasteiger partial charge on any atom is -0.760 e. The van der Waals surface area contributed by atoms with Gasteiger partial charge in [0.2, 0.25) is 0 Å². The number of carboxylic acids is 1. The van der Waals surface area contributed by atoms with Gasteiger partial charge in [0.05, 0.1) is 12.5 Å². The van der Waals surface area contributed by atoms with Crippen molar-refractivity contribution in [3.63, 3.8) is 0 Å². The highest BCUT2D eigenvalue weighted by atomic mass is 32.2. The molecular formula is C9H10NO4S-. The van der Waals surface area contributed by atoms with Crippen molar-refractivity contribution in [3.8, 4) is 0 Å². The first-order valence-electron chi connectivity index (χ1n) is 4.22. The summed E-state index contributed by atoms with van der Waals surface area (Å²) >= 11 is -2.48. The van der Waals surface area contributed by atoms with Gasteiger partial charge >= 0.3 is 5.97 Å². The van der Waals surface area contributed by atoms with Crippen LogP contribution in [0.2, 0.25) is 0 Å². The van der Waals surface area contributed by atoms with Crippen molar-refractivity contribution in [3.05, 3.63) is 35.9 Å². The zero-order valence-corrected chi connectivity index (χ0v) is 8.57. The number of hydrogen-bond acceptors (Lipinski definition) is 3. The maximum atomic E-state index is 10.5. The highest BCUT2D eigenvalue weighted by molar-refractivity contribution is 7.77. The number of benzene rings is 1. The van der Waals surface area contributed by atoms with Gasteiger partial charge < -0.3 is 9.66 Å². The van der Waals surface area contributed by atoms with Crippen LogP contribution in [0.3, 0.4) is 0 Å². The molecule has 5 nitrogen and oxygen atoms in total. The van der Waals surface area contributed by atoms with E-state index in [1.54, 1.807) is 30.3 Å². The third-order valence-corrected chi connectivity index (χ3v) is 2.30. The number of nitrogens with one attached hydrogen (secondary N) is 1. The zero-order chi connectivity index (χ0) is 11.3. The van der Waals surface area contributed by atoms with E-state index in [1.165, 1.54) is 0 Å². The summed E-state index contributed by atoms with van der Waals surface area (Å²) in [7, 11) is 0. The summed E-state index contributed by atoms with van der Waals surface area (Å²) in [6, 6.07) is 7.84. The molecule has 0 fully saturated rings. The summed E-state index contributed by atoms with van der Waals surface area (Å²) < 4.78 is 23.1. The van der Waals surface area contributed by atoms with Gasteiger partial charge in [-0.1, -0.05) is 30.3 Å². The van der Waals surface area contributed by atoms with Gasteiger partial charge in [-0.05, 0) is 5.56 Å². The van der Waals surface area contributed by atoms with E-state index in [1.807, 2.05) is 0 Å². The zero-order valence-electron chi connectivity index (χ0n) is 7.75. The summed E-state index contributed by atoms with van der Waals surface area (Å²) in [5.74, 6) is -1.05. The standard InChI is InChI=1S/C9H11NO4S/c11-9(12)6-8(10-15(13)14)7-4-2-1-3-5-7/h1-5,8,10H,6H2,(H,11,12)(H,13,14)/p-1. The van der Waals surface area contributed by atoms with E-state index in [0.717, 1.165) is 0 Å². The molecule has 1 aromatic rings. The van der Waals surface area contributed by atoms with E-state index in [-0.39, 0.29) is 6.42 Å². The van der Waals surface area contributed by atoms with Crippen molar-refractivity contribution in [1.82, 2.24) is 4.72 Å². The van der Waals surface area contributed by atoms with Crippen LogP contribution in [0, 0.1) is 0 Å². The Bertz CT molecular complexity index is 338. The highest BCUT2D eigenvalue weighted by Crippen LogP contribution is 2.16. The van der Waals surface area contributed by atoms with Crippen LogP contribution in [0.15, 0.2) is 30.3 Å². The number of hydrogen-bond donors (Lipinski definition) is 2. The van der Waals surface area contributed by atoms with E-state index in [0.29, 0.717) is 5.56 Å². The van der Waals surface area contributed by atoms with Gasteiger partial charge in [-0.2, -0.15) is 0 Å². The van der Waals surface area contributed by atoms with Crippen LogP contribution in [-0.4, -0.2) is 19.8 Å². The Labute approximate surface area is 89.5 Å². The third kappa shape index (κ3) is 4.20. The van der Waals surface area contributed by atoms with Crippen LogP contribution < -0.4 is 4.72 Å². The van der Waals surface area contributed by atoms with E-state index >= 15 is 0 Å². The maximum Gasteiger partial charge on any atom is 0.305 e. The van der Waals surface area contributed by atoms with Crippen molar-refractivity contribution in [2.75, 3.05) is 0 Å². The summed E-state index contributed by atoms with van der Waals surface area (Å²) in [6.45, 7) is 0. The molecule has 0 spiro atoms. The molecule has 2 unspecified atom stereocenters. The second kappa shape index (κ2) is 5.59. The molecule has 2 atom stereocenters. The normalized spacial score (nSPS) is 14.5. The van der Waals surface area contributed by atoms with Gasteiger partial charge in [-0.15, -0.1) is 0 Å². The van der Waals surface area contributed by atoms with E-state index in [4.69, 9.17) is 5.11 Å². The van der Waals surface area contributed by atoms with Crippen molar-refractivity contribution < 1.29 is 18.7 Å². The molecule has 0 amide bonds. The Kier molecular flexibility index (Phi) is 4.41. The molecule has 0 aromatic heterocycles. The van der Waals surface area contributed by atoms with Crippen molar-refractivity contribution in [1.29, 1.82) is 0 Å². The predicted octanol–water partition coefficient (Wildman–Crippen LogP) is 0.586. The molecule has 15 heavy (non-hydrogen) atoms. The molecule has 0 aliphatic carbocycles. The SMILES string of the molecule is O=C(O)CC(NS(=O)[O-])c1ccccc1. The smallest absolute Gasteiger partial charge is 0.305 e. The molecule has 82 valence electrons. The summed E-state index contributed by atoms with van der Waals surface area (Å²) in [6.07, 6.45) is -0.280. The second-order valence-corrected chi connectivity index (χ2v) is 3.62. The fourth-order valence-electron chi connectivity index (χ4n) is 1.20. The lowest BCUT2D eigenvalue weighted by molar-refractivity contribution is -0.137. The first-order valence-corrected chi connectivity index (χ1v) is 5.29. The molecule has 0 bridgehead atoms. The Hall–Kier alpha value is -1.24. The highest BCUT2D eigenvalue weighted by Gasteiger charge is 2.14. The Morgan fingerprint density at radius 2 is 2.07 bits per heavy atom. The molecule has 2 N–H and O–H groups in total. The minimum absolute atomic E-state index is 0.280. The maximum absolute atomic E-state index is 10.5. The van der Waals surface area contributed by atoms with Gasteiger partial charge in [0.25, 0.3) is 0 Å². The lowest BCUT2D eigenvalue weighted by atomic mass is 10.1. The van der Waals surface area contributed by atoms with Crippen LogP contribution in [0.1, 0.15) is 18.0 Å². The van der Waals surface area contributed by atoms with Crippen molar-refractivity contribution in [2.45, 2.75) is 12.5 Å². The predicted molar refractivity (Wildman–Crippen MR) is 53.5 cm³/mol. The average Bonchev–Trinajstić information content (AvgIpc) is 2.17. The molecule has 0 aliphatic rings. The molecule has 0 saturated heterocycles. The minimum atomic E-state index is -2.48. The summed E-state index contributed by atoms with van der Waals surface area (Å²) in [4.78, 5) is 10.5. The van der Waals surface area contributed by atoms with Gasteiger partial charge in [-0.25, -0.2) is 4.72 Å². The topological polar surface area (TPSA) is 89.5 Å². The lowest BCUT2D eigenvalue weighted by Crippen LogP contribution is -2.25. The Morgan fingerprint density at radius 1 is 1.47 bits per heavy atom. The monoisotopic (exact) mass is 228 g/mol. The van der Waals surface area contributed by atoms with Crippen molar-refractivity contribution >= 4 is 17.2 Å². The van der Waals surface area contributed by atoms with E-state index < -0.39 is 23.3 Å². The number of carboxylic acid groups (broad SMARTS) is 1. The molecular weight excluding hydrogens is 218 g/mol. The van der Waals surface area contributed by atoms with Gasteiger partial charge in [-0.3, -0.25) is 9.00 Å². The van der Waals surface area contributed by atoms with E-state index in [9.17, 15) is 13.6 Å². The summed E-state index contributed by atoms with van der Waals surface area (Å²) in [5, 5.41) is 8.62. The molecule has 6 heteroatoms. The van der Waals surface area contributed by atoms with Crippen molar-refractivity contribution in [2.24, 2.45) is 0 Å². The number of aliphatic carboxylic acids is 1. The first kappa shape index (κ1) is 11.8. The molecule has 0 aliphatic heterocycles. The Morgan fingerprint density at radius 3 is 2.53 bits per heavy atom. The van der Waals surface area contributed by atoms with Gasteiger partial charge in [0.15, 0.2) is 0 Å². The fourth-order valence-corrected chi connectivity index (χ4v) is 1.66. The second-order valence-electron chi connectivity index (χ2n) is 2.91. The molecule has 0 radical (unpaired) electrons.